The van der Waals surface area contributed by atoms with Crippen molar-refractivity contribution in [1.29, 1.82) is 0 Å². The summed E-state index contributed by atoms with van der Waals surface area (Å²) in [6.07, 6.45) is 7.70. The number of allylic oxidation sites excluding steroid dienone is 4. The highest BCUT2D eigenvalue weighted by molar-refractivity contribution is 6.80. The molecule has 4 rings (SSSR count). The fourth-order valence-electron chi connectivity index (χ4n) is 5.28. The summed E-state index contributed by atoms with van der Waals surface area (Å²) in [4.78, 5) is 25.8. The summed E-state index contributed by atoms with van der Waals surface area (Å²) in [5.41, 5.74) is 6.17. The van der Waals surface area contributed by atoms with Crippen LogP contribution >= 0.6 is 0 Å². The third-order valence-corrected chi connectivity index (χ3v) is 12.9. The van der Waals surface area contributed by atoms with Crippen LogP contribution in [0, 0.1) is 0 Å². The largest absolute Gasteiger partial charge is 0.481 e. The minimum absolute atomic E-state index is 0.0484. The highest BCUT2D eigenvalue weighted by atomic mass is 28.3. The second-order valence-electron chi connectivity index (χ2n) is 10.7. The van der Waals surface area contributed by atoms with Crippen LogP contribution in [0.15, 0.2) is 40.5 Å². The van der Waals surface area contributed by atoms with E-state index in [4.69, 9.17) is 34.3 Å². The molecule has 2 aliphatic rings. The van der Waals surface area contributed by atoms with E-state index in [1.54, 1.807) is 20.3 Å². The smallest absolute Gasteiger partial charge is 0.290 e. The highest BCUT2D eigenvalue weighted by Gasteiger charge is 2.51. The second-order valence-corrected chi connectivity index (χ2v) is 16.1. The van der Waals surface area contributed by atoms with Crippen molar-refractivity contribution in [3.63, 3.8) is 0 Å². The number of aromatic nitrogens is 2. The number of rotatable bonds is 10. The SMILES string of the molecule is CC[Si](C)(C)C1(c2c(OC)nc(N3CCC(N(C)C)C3)nc2OC)C=CC=C(Oc2ccc(C(N)=O)o2)C1. The molecule has 1 aliphatic carbocycles. The number of hydrogen-bond donors (Lipinski definition) is 1. The molecular weight excluding hydrogens is 502 g/mol. The van der Waals surface area contributed by atoms with Gasteiger partial charge in [0.05, 0.1) is 27.9 Å². The summed E-state index contributed by atoms with van der Waals surface area (Å²) in [7, 11) is 5.40. The number of nitrogens with two attached hydrogens (primary N) is 1. The number of carbonyl (C=O) groups excluding carboxylic acids is 1. The van der Waals surface area contributed by atoms with E-state index in [1.807, 2.05) is 12.2 Å². The van der Waals surface area contributed by atoms with E-state index in [-0.39, 0.29) is 11.7 Å². The number of methoxy groups -OCH3 is 2. The number of amides is 1. The van der Waals surface area contributed by atoms with Crippen LogP contribution < -0.4 is 24.8 Å². The second kappa shape index (κ2) is 10.8. The van der Waals surface area contributed by atoms with Crippen LogP contribution in [0.5, 0.6) is 17.7 Å². The predicted octanol–water partition coefficient (Wildman–Crippen LogP) is 3.75. The Bertz CT molecular complexity index is 1220. The van der Waals surface area contributed by atoms with Gasteiger partial charge in [0.1, 0.15) is 5.76 Å². The third-order valence-electron chi connectivity index (χ3n) is 8.10. The zero-order valence-electron chi connectivity index (χ0n) is 23.4. The van der Waals surface area contributed by atoms with Gasteiger partial charge >= 0.3 is 0 Å². The molecule has 2 aromatic rings. The normalized spacial score (nSPS) is 21.5. The average molecular weight is 542 g/mol. The molecular formula is C27H39N5O5Si. The van der Waals surface area contributed by atoms with E-state index >= 15 is 0 Å². The Morgan fingerprint density at radius 2 is 1.92 bits per heavy atom. The predicted molar refractivity (Wildman–Crippen MR) is 149 cm³/mol. The maximum atomic E-state index is 11.5. The van der Waals surface area contributed by atoms with E-state index in [0.717, 1.165) is 31.1 Å². The van der Waals surface area contributed by atoms with Crippen LogP contribution in [0.1, 0.15) is 35.9 Å². The lowest BCUT2D eigenvalue weighted by atomic mass is 9.90. The molecule has 1 fully saturated rings. The van der Waals surface area contributed by atoms with E-state index in [2.05, 4.69) is 50.0 Å². The Kier molecular flexibility index (Phi) is 7.89. The minimum Gasteiger partial charge on any atom is -0.481 e. The van der Waals surface area contributed by atoms with Gasteiger partial charge in [0.15, 0.2) is 5.76 Å². The molecule has 10 nitrogen and oxygen atoms in total. The molecule has 0 spiro atoms. The molecule has 1 aliphatic heterocycles. The minimum atomic E-state index is -2.08. The van der Waals surface area contributed by atoms with Crippen LogP contribution in [-0.4, -0.2) is 76.3 Å². The van der Waals surface area contributed by atoms with E-state index in [0.29, 0.717) is 35.9 Å². The standard InChI is InChI=1S/C27H39N5O5Si/c1-8-38(6,7)27(14-9-10-19(16-27)36-21-12-11-20(37-21)23(28)33)22-24(34-4)29-26(30-25(22)35-5)32-15-13-18(17-32)31(2)3/h9-12,14,18H,8,13,15-17H2,1-7H3,(H2,28,33). The number of ether oxygens (including phenoxy) is 3. The Morgan fingerprint density at radius 3 is 2.45 bits per heavy atom. The highest BCUT2D eigenvalue weighted by Crippen LogP contribution is 2.51. The molecule has 0 bridgehead atoms. The molecule has 38 heavy (non-hydrogen) atoms. The maximum Gasteiger partial charge on any atom is 0.290 e. The number of likely N-dealkylation sites (N-methyl/N-ethyl adjacent to an activating group) is 1. The number of primary amides is 1. The Labute approximate surface area is 225 Å². The number of furan rings is 1. The van der Waals surface area contributed by atoms with Crippen molar-refractivity contribution in [2.75, 3.05) is 46.3 Å². The summed E-state index contributed by atoms with van der Waals surface area (Å²) in [6, 6.07) is 4.53. The number of carbonyl (C=O) groups is 1. The van der Waals surface area contributed by atoms with Crippen molar-refractivity contribution in [1.82, 2.24) is 14.9 Å². The molecule has 11 heteroatoms. The molecule has 2 aromatic heterocycles. The molecule has 1 saturated heterocycles. The third kappa shape index (κ3) is 5.04. The lowest BCUT2D eigenvalue weighted by Crippen LogP contribution is -2.51. The molecule has 3 heterocycles. The van der Waals surface area contributed by atoms with Crippen molar-refractivity contribution < 1.29 is 23.4 Å². The zero-order chi connectivity index (χ0) is 27.7. The summed E-state index contributed by atoms with van der Waals surface area (Å²) in [6.45, 7) is 8.61. The summed E-state index contributed by atoms with van der Waals surface area (Å²) in [5, 5.41) is -0.489. The van der Waals surface area contributed by atoms with Crippen LogP contribution in [-0.2, 0) is 5.04 Å². The van der Waals surface area contributed by atoms with Crippen molar-refractivity contribution in [3.8, 4) is 17.7 Å². The maximum absolute atomic E-state index is 11.5. The average Bonchev–Trinajstić information content (AvgIpc) is 3.58. The fraction of sp³-hybridized carbons (Fsp3) is 0.519. The van der Waals surface area contributed by atoms with Crippen molar-refractivity contribution in [2.45, 2.75) is 50.0 Å². The fourth-order valence-corrected chi connectivity index (χ4v) is 8.00. The molecule has 2 atom stereocenters. The Morgan fingerprint density at radius 1 is 1.24 bits per heavy atom. The van der Waals surface area contributed by atoms with Crippen LogP contribution in [0.2, 0.25) is 19.1 Å². The van der Waals surface area contributed by atoms with Crippen molar-refractivity contribution in [3.05, 3.63) is 47.4 Å². The lowest BCUT2D eigenvalue weighted by Gasteiger charge is -2.45. The van der Waals surface area contributed by atoms with Crippen molar-refractivity contribution >= 4 is 19.9 Å². The lowest BCUT2D eigenvalue weighted by molar-refractivity contribution is 0.0967. The zero-order valence-corrected chi connectivity index (χ0v) is 24.4. The Balaban J connectivity index is 1.76. The van der Waals surface area contributed by atoms with Gasteiger partial charge in [-0.05, 0) is 32.7 Å². The molecule has 1 amide bonds. The molecule has 206 valence electrons. The van der Waals surface area contributed by atoms with Crippen molar-refractivity contribution in [2.24, 2.45) is 5.73 Å². The first-order valence-corrected chi connectivity index (χ1v) is 16.1. The monoisotopic (exact) mass is 541 g/mol. The topological polar surface area (TPSA) is 116 Å². The molecule has 0 saturated carbocycles. The summed E-state index contributed by atoms with van der Waals surface area (Å²) < 4.78 is 23.5. The van der Waals surface area contributed by atoms with Gasteiger partial charge in [0.2, 0.25) is 17.7 Å². The first-order valence-electron chi connectivity index (χ1n) is 12.9. The van der Waals surface area contributed by atoms with Crippen LogP contribution in [0.3, 0.4) is 0 Å². The number of anilines is 1. The quantitative estimate of drug-likeness (QED) is 0.449. The van der Waals surface area contributed by atoms with Crippen LogP contribution in [0.25, 0.3) is 0 Å². The molecule has 0 radical (unpaired) electrons. The molecule has 2 unspecified atom stereocenters. The Hall–Kier alpha value is -3.31. The van der Waals surface area contributed by atoms with Gasteiger partial charge in [-0.3, -0.25) is 4.79 Å². The molecule has 0 aromatic carbocycles. The van der Waals surface area contributed by atoms with Gasteiger partial charge in [-0.1, -0.05) is 38.2 Å². The van der Waals surface area contributed by atoms with Crippen LogP contribution in [0.4, 0.5) is 5.95 Å². The summed E-state index contributed by atoms with van der Waals surface area (Å²) in [5.74, 6) is 1.93. The van der Waals surface area contributed by atoms with Gasteiger partial charge in [-0.2, -0.15) is 9.97 Å². The first-order chi connectivity index (χ1) is 18.0. The molecule has 2 N–H and O–H groups in total. The van der Waals surface area contributed by atoms with E-state index in [1.165, 1.54) is 6.07 Å². The van der Waals surface area contributed by atoms with Gasteiger partial charge < -0.3 is 34.2 Å². The first kappa shape index (κ1) is 27.7. The van der Waals surface area contributed by atoms with Gasteiger partial charge in [-0.25, -0.2) is 0 Å². The van der Waals surface area contributed by atoms with Gasteiger partial charge in [0.25, 0.3) is 11.9 Å². The van der Waals surface area contributed by atoms with E-state index in [9.17, 15) is 4.79 Å². The van der Waals surface area contributed by atoms with E-state index < -0.39 is 19.0 Å². The van der Waals surface area contributed by atoms with Gasteiger partial charge in [0, 0.05) is 36.7 Å². The summed E-state index contributed by atoms with van der Waals surface area (Å²) >= 11 is 0. The number of hydrogen-bond acceptors (Lipinski definition) is 9. The van der Waals surface area contributed by atoms with Gasteiger partial charge in [-0.15, -0.1) is 0 Å². The number of nitrogens with zero attached hydrogens (tertiary/aromatic N) is 4.